The first kappa shape index (κ1) is 20.8. The number of nitro groups is 1. The fourth-order valence-electron chi connectivity index (χ4n) is 3.66. The molecule has 0 spiro atoms. The molecule has 8 heteroatoms. The molecule has 0 radical (unpaired) electrons. The summed E-state index contributed by atoms with van der Waals surface area (Å²) in [5, 5.41) is 22.6. The van der Waals surface area contributed by atoms with Crippen molar-refractivity contribution in [3.63, 3.8) is 0 Å². The first-order valence-corrected chi connectivity index (χ1v) is 9.38. The molecular formula is C21H25N3O5. The molecule has 0 unspecified atom stereocenters. The van der Waals surface area contributed by atoms with Crippen molar-refractivity contribution in [2.24, 2.45) is 0 Å². The molecule has 2 aromatic rings. The summed E-state index contributed by atoms with van der Waals surface area (Å²) in [5.74, 6) is -0.397. The van der Waals surface area contributed by atoms with Gasteiger partial charge in [-0.3, -0.25) is 14.9 Å². The number of methoxy groups -OCH3 is 1. The van der Waals surface area contributed by atoms with Gasteiger partial charge in [0, 0.05) is 25.1 Å². The summed E-state index contributed by atoms with van der Waals surface area (Å²) in [6.07, 6.45) is -1.12. The van der Waals surface area contributed by atoms with Crippen LogP contribution in [0.25, 0.3) is 0 Å². The average Bonchev–Trinajstić information content (AvgIpc) is 2.81. The predicted octanol–water partition coefficient (Wildman–Crippen LogP) is 2.20. The highest BCUT2D eigenvalue weighted by Gasteiger charge is 2.39. The predicted molar refractivity (Wildman–Crippen MR) is 109 cm³/mol. The molecule has 0 bridgehead atoms. The van der Waals surface area contributed by atoms with Crippen LogP contribution in [0.2, 0.25) is 0 Å². The van der Waals surface area contributed by atoms with Gasteiger partial charge in [-0.1, -0.05) is 18.2 Å². The minimum absolute atomic E-state index is 0.0437. The summed E-state index contributed by atoms with van der Waals surface area (Å²) < 4.78 is 5.18. The van der Waals surface area contributed by atoms with Crippen LogP contribution in [0.4, 0.5) is 11.4 Å². The van der Waals surface area contributed by atoms with E-state index in [2.05, 4.69) is 0 Å². The van der Waals surface area contributed by atoms with E-state index >= 15 is 0 Å². The van der Waals surface area contributed by atoms with E-state index in [1.54, 1.807) is 43.5 Å². The Kier molecular flexibility index (Phi) is 6.14. The summed E-state index contributed by atoms with van der Waals surface area (Å²) in [5.41, 5.74) is 1.63. The Labute approximate surface area is 169 Å². The minimum atomic E-state index is -1.31. The monoisotopic (exact) mass is 399 g/mol. The molecule has 0 saturated heterocycles. The molecule has 1 aliphatic rings. The molecule has 1 heterocycles. The lowest BCUT2D eigenvalue weighted by molar-refractivity contribution is -0.385. The van der Waals surface area contributed by atoms with E-state index in [1.165, 1.54) is 11.0 Å². The number of carbonyl (C=O) groups is 1. The maximum absolute atomic E-state index is 13.2. The van der Waals surface area contributed by atoms with Crippen LogP contribution in [-0.4, -0.2) is 61.2 Å². The van der Waals surface area contributed by atoms with Crippen LogP contribution in [0.1, 0.15) is 17.0 Å². The molecule has 0 fully saturated rings. The van der Waals surface area contributed by atoms with Crippen molar-refractivity contribution in [3.05, 3.63) is 63.7 Å². The van der Waals surface area contributed by atoms with Gasteiger partial charge in [0.05, 0.1) is 23.3 Å². The third-order valence-corrected chi connectivity index (χ3v) is 5.25. The highest BCUT2D eigenvalue weighted by atomic mass is 16.6. The second-order valence-electron chi connectivity index (χ2n) is 7.35. The van der Waals surface area contributed by atoms with Crippen molar-refractivity contribution in [1.29, 1.82) is 0 Å². The zero-order chi connectivity index (χ0) is 21.1. The summed E-state index contributed by atoms with van der Waals surface area (Å²) in [7, 11) is 5.32. The quantitative estimate of drug-likeness (QED) is 0.591. The molecule has 29 heavy (non-hydrogen) atoms. The number of hydrogen-bond acceptors (Lipinski definition) is 6. The van der Waals surface area contributed by atoms with Crippen LogP contribution in [0.3, 0.4) is 0 Å². The largest absolute Gasteiger partial charge is 0.497 e. The number of fused-ring (bicyclic) bond motifs is 1. The number of carbonyl (C=O) groups excluding carboxylic acids is 1. The molecule has 2 atom stereocenters. The van der Waals surface area contributed by atoms with Gasteiger partial charge in [0.1, 0.15) is 11.9 Å². The molecule has 2 aromatic carbocycles. The molecule has 8 nitrogen and oxygen atoms in total. The Morgan fingerprint density at radius 3 is 2.52 bits per heavy atom. The van der Waals surface area contributed by atoms with E-state index in [0.717, 1.165) is 5.56 Å². The summed E-state index contributed by atoms with van der Waals surface area (Å²) >= 11 is 0. The number of aliphatic hydroxyl groups is 1. The van der Waals surface area contributed by atoms with Crippen LogP contribution >= 0.6 is 0 Å². The number of amides is 1. The van der Waals surface area contributed by atoms with Crippen molar-refractivity contribution in [1.82, 2.24) is 4.90 Å². The highest BCUT2D eigenvalue weighted by Crippen LogP contribution is 2.39. The number of anilines is 1. The highest BCUT2D eigenvalue weighted by molar-refractivity contribution is 5.99. The number of hydrogen-bond donors (Lipinski definition) is 1. The lowest BCUT2D eigenvalue weighted by atomic mass is 9.87. The zero-order valence-corrected chi connectivity index (χ0v) is 16.7. The van der Waals surface area contributed by atoms with E-state index in [1.807, 2.05) is 19.0 Å². The maximum Gasteiger partial charge on any atom is 0.274 e. The zero-order valence-electron chi connectivity index (χ0n) is 16.7. The number of nitrogens with zero attached hydrogens (tertiary/aromatic N) is 3. The summed E-state index contributed by atoms with van der Waals surface area (Å²) in [6, 6.07) is 11.8. The Bertz CT molecular complexity index is 898. The first-order valence-electron chi connectivity index (χ1n) is 9.38. The molecule has 1 amide bonds. The lowest BCUT2D eigenvalue weighted by Gasteiger charge is -2.26. The molecule has 0 saturated carbocycles. The Hall–Kier alpha value is -2.97. The van der Waals surface area contributed by atoms with Gasteiger partial charge in [-0.25, -0.2) is 0 Å². The number of likely N-dealkylation sites (N-methyl/N-ethyl adjacent to an activating group) is 1. The Balaban J connectivity index is 2.10. The van der Waals surface area contributed by atoms with Crippen molar-refractivity contribution in [2.45, 2.75) is 18.4 Å². The molecule has 3 rings (SSSR count). The fourth-order valence-corrected chi connectivity index (χ4v) is 3.66. The average molecular weight is 399 g/mol. The molecule has 0 aromatic heterocycles. The van der Waals surface area contributed by atoms with E-state index in [9.17, 15) is 20.0 Å². The molecule has 154 valence electrons. The third-order valence-electron chi connectivity index (χ3n) is 5.25. The lowest BCUT2D eigenvalue weighted by Crippen LogP contribution is -2.43. The SMILES string of the molecule is COc1ccc([C@H]2Cc3c(cccc3[N+](=O)[O-])N(CCN(C)C)C(=O)[C@H]2O)cc1. The van der Waals surface area contributed by atoms with Crippen molar-refractivity contribution < 1.29 is 19.6 Å². The molecule has 1 aliphatic heterocycles. The summed E-state index contributed by atoms with van der Waals surface area (Å²) in [6.45, 7) is 0.889. The standard InChI is InChI=1S/C21H25N3O5/c1-22(2)11-12-23-18-5-4-6-19(24(27)28)17(18)13-16(20(25)21(23)26)14-7-9-15(29-3)10-8-14/h4-10,16,20,25H,11-13H2,1-3H3/t16-,20+/m1/s1. The van der Waals surface area contributed by atoms with Gasteiger partial charge in [-0.15, -0.1) is 0 Å². The van der Waals surface area contributed by atoms with Crippen LogP contribution in [0, 0.1) is 10.1 Å². The van der Waals surface area contributed by atoms with Crippen LogP contribution in [-0.2, 0) is 11.2 Å². The number of ether oxygens (including phenoxy) is 1. The number of nitro benzene ring substituents is 1. The van der Waals surface area contributed by atoms with Gasteiger partial charge in [0.25, 0.3) is 11.6 Å². The van der Waals surface area contributed by atoms with Gasteiger partial charge < -0.3 is 19.6 Å². The van der Waals surface area contributed by atoms with Crippen LogP contribution in [0.5, 0.6) is 5.75 Å². The first-order chi connectivity index (χ1) is 13.8. The number of benzene rings is 2. The molecule has 1 N–H and O–H groups in total. The normalized spacial score (nSPS) is 19.1. The van der Waals surface area contributed by atoms with Gasteiger partial charge in [-0.2, -0.15) is 0 Å². The second kappa shape index (κ2) is 8.59. The summed E-state index contributed by atoms with van der Waals surface area (Å²) in [4.78, 5) is 27.8. The Morgan fingerprint density at radius 2 is 1.93 bits per heavy atom. The van der Waals surface area contributed by atoms with Crippen LogP contribution in [0.15, 0.2) is 42.5 Å². The minimum Gasteiger partial charge on any atom is -0.497 e. The third kappa shape index (κ3) is 4.23. The second-order valence-corrected chi connectivity index (χ2v) is 7.35. The van der Waals surface area contributed by atoms with E-state index < -0.39 is 22.9 Å². The van der Waals surface area contributed by atoms with Gasteiger partial charge in [-0.05, 0) is 44.3 Å². The number of aliphatic hydroxyl groups excluding tert-OH is 1. The van der Waals surface area contributed by atoms with E-state index in [-0.39, 0.29) is 12.1 Å². The molecule has 0 aliphatic carbocycles. The van der Waals surface area contributed by atoms with Crippen molar-refractivity contribution in [3.8, 4) is 5.75 Å². The van der Waals surface area contributed by atoms with Gasteiger partial charge >= 0.3 is 0 Å². The maximum atomic E-state index is 13.2. The van der Waals surface area contributed by atoms with E-state index in [0.29, 0.717) is 30.1 Å². The smallest absolute Gasteiger partial charge is 0.274 e. The Morgan fingerprint density at radius 1 is 1.24 bits per heavy atom. The van der Waals surface area contributed by atoms with E-state index in [4.69, 9.17) is 4.74 Å². The van der Waals surface area contributed by atoms with Crippen molar-refractivity contribution in [2.75, 3.05) is 39.2 Å². The molecular weight excluding hydrogens is 374 g/mol. The topological polar surface area (TPSA) is 96.2 Å². The van der Waals surface area contributed by atoms with Gasteiger partial charge in [0.2, 0.25) is 0 Å². The number of rotatable bonds is 6. The van der Waals surface area contributed by atoms with Crippen LogP contribution < -0.4 is 9.64 Å². The van der Waals surface area contributed by atoms with Gasteiger partial charge in [0.15, 0.2) is 0 Å². The van der Waals surface area contributed by atoms with Crippen molar-refractivity contribution >= 4 is 17.3 Å². The fraction of sp³-hybridized carbons (Fsp3) is 0.381.